The van der Waals surface area contributed by atoms with Gasteiger partial charge in [0.05, 0.1) is 17.7 Å². The molecule has 0 unspecified atom stereocenters. The smallest absolute Gasteiger partial charge is 0.240 e. The van der Waals surface area contributed by atoms with Crippen LogP contribution in [0.1, 0.15) is 22.6 Å². The van der Waals surface area contributed by atoms with E-state index in [1.165, 1.54) is 0 Å². The average molecular weight is 496 g/mol. The van der Waals surface area contributed by atoms with Gasteiger partial charge in [0, 0.05) is 13.1 Å². The highest BCUT2D eigenvalue weighted by Crippen LogP contribution is 2.38. The Hall–Kier alpha value is -2.93. The van der Waals surface area contributed by atoms with E-state index in [2.05, 4.69) is 11.8 Å². The number of aromatic nitrogens is 1. The number of benzene rings is 3. The van der Waals surface area contributed by atoms with Crippen LogP contribution in [0.25, 0.3) is 10.2 Å². The summed E-state index contributed by atoms with van der Waals surface area (Å²) in [5, 5.41) is 0.696. The van der Waals surface area contributed by atoms with Gasteiger partial charge in [0.25, 0.3) is 0 Å². The van der Waals surface area contributed by atoms with Crippen molar-refractivity contribution < 1.29 is 9.53 Å². The number of amides is 1. The number of fused-ring (bicyclic) bond motifs is 1. The van der Waals surface area contributed by atoms with Gasteiger partial charge in [0.2, 0.25) is 5.91 Å². The maximum atomic E-state index is 14.2. The van der Waals surface area contributed by atoms with Crippen molar-refractivity contribution in [2.45, 2.75) is 12.8 Å². The molecule has 0 aliphatic rings. The quantitative estimate of drug-likeness (QED) is 0.311. The number of nitrogens with zero attached hydrogens (tertiary/aromatic N) is 3. The monoisotopic (exact) mass is 495 g/mol. The summed E-state index contributed by atoms with van der Waals surface area (Å²) in [7, 11) is 5.68. The Bertz CT molecular complexity index is 1190. The molecule has 7 heteroatoms. The second-order valence-corrected chi connectivity index (χ2v) is 9.28. The Morgan fingerprint density at radius 3 is 2.06 bits per heavy atom. The third-order valence-corrected chi connectivity index (χ3v) is 6.91. The average Bonchev–Trinajstić information content (AvgIpc) is 3.27. The number of carbonyl (C=O) groups is 1. The van der Waals surface area contributed by atoms with Crippen LogP contribution < -0.4 is 9.64 Å². The topological polar surface area (TPSA) is 45.7 Å². The van der Waals surface area contributed by atoms with E-state index in [4.69, 9.17) is 9.72 Å². The molecule has 0 aliphatic carbocycles. The van der Waals surface area contributed by atoms with Crippen LogP contribution in [0.2, 0.25) is 0 Å². The number of hydrogen-bond acceptors (Lipinski definition) is 5. The molecule has 1 heterocycles. The first kappa shape index (κ1) is 25.7. The SMILES string of the molecule is COc1ccc(C)c2sc(N(CCN(C)C)C(=O)C(c3ccccc3)c3ccccc3)nc12.Cl. The van der Waals surface area contributed by atoms with Crippen molar-refractivity contribution in [3.8, 4) is 5.75 Å². The van der Waals surface area contributed by atoms with E-state index >= 15 is 0 Å². The molecule has 0 radical (unpaired) electrons. The highest BCUT2D eigenvalue weighted by Gasteiger charge is 2.30. The number of anilines is 1. The largest absolute Gasteiger partial charge is 0.494 e. The Morgan fingerprint density at radius 2 is 1.53 bits per heavy atom. The Balaban J connectivity index is 0.00000324. The first-order valence-corrected chi connectivity index (χ1v) is 11.8. The Kier molecular flexibility index (Phi) is 8.67. The number of aryl methyl sites for hydroxylation is 1. The fraction of sp³-hybridized carbons (Fsp3) is 0.259. The molecule has 4 rings (SSSR count). The zero-order chi connectivity index (χ0) is 23.4. The van der Waals surface area contributed by atoms with Crippen LogP contribution in [-0.4, -0.2) is 50.1 Å². The van der Waals surface area contributed by atoms with Crippen molar-refractivity contribution in [2.24, 2.45) is 0 Å². The lowest BCUT2D eigenvalue weighted by atomic mass is 9.90. The van der Waals surface area contributed by atoms with E-state index in [-0.39, 0.29) is 18.3 Å². The van der Waals surface area contributed by atoms with Gasteiger partial charge < -0.3 is 9.64 Å². The zero-order valence-electron chi connectivity index (χ0n) is 19.9. The van der Waals surface area contributed by atoms with E-state index < -0.39 is 5.92 Å². The van der Waals surface area contributed by atoms with Gasteiger partial charge in [-0.2, -0.15) is 0 Å². The summed E-state index contributed by atoms with van der Waals surface area (Å²) in [5.41, 5.74) is 3.87. The van der Waals surface area contributed by atoms with Crippen molar-refractivity contribution in [1.29, 1.82) is 0 Å². The molecule has 0 fully saturated rings. The summed E-state index contributed by atoms with van der Waals surface area (Å²) in [6, 6.07) is 23.9. The standard InChI is InChI=1S/C27H29N3O2S.ClH/c1-19-15-16-22(32-4)24-25(19)33-27(28-24)30(18-17-29(2)3)26(31)23(20-11-7-5-8-12-20)21-13-9-6-10-14-21;/h5-16,23H,17-18H2,1-4H3;1H. The Morgan fingerprint density at radius 1 is 0.941 bits per heavy atom. The zero-order valence-corrected chi connectivity index (χ0v) is 21.5. The van der Waals surface area contributed by atoms with Gasteiger partial charge in [-0.25, -0.2) is 4.98 Å². The highest BCUT2D eigenvalue weighted by molar-refractivity contribution is 7.22. The second kappa shape index (κ2) is 11.5. The first-order chi connectivity index (χ1) is 16.0. The van der Waals surface area contributed by atoms with E-state index in [0.717, 1.165) is 39.2 Å². The molecule has 0 saturated carbocycles. The number of likely N-dealkylation sites (N-methyl/N-ethyl adjacent to an activating group) is 1. The summed E-state index contributed by atoms with van der Waals surface area (Å²) < 4.78 is 6.60. The molecule has 4 aromatic rings. The molecule has 0 atom stereocenters. The number of rotatable bonds is 8. The summed E-state index contributed by atoms with van der Waals surface area (Å²) in [4.78, 5) is 23.0. The predicted molar refractivity (Wildman–Crippen MR) is 144 cm³/mol. The maximum absolute atomic E-state index is 14.2. The summed E-state index contributed by atoms with van der Waals surface area (Å²) in [6.07, 6.45) is 0. The van der Waals surface area contributed by atoms with E-state index in [9.17, 15) is 4.79 Å². The van der Waals surface area contributed by atoms with Gasteiger partial charge >= 0.3 is 0 Å². The lowest BCUT2D eigenvalue weighted by Gasteiger charge is -2.27. The summed E-state index contributed by atoms with van der Waals surface area (Å²) in [6.45, 7) is 3.34. The summed E-state index contributed by atoms with van der Waals surface area (Å²) >= 11 is 1.54. The second-order valence-electron chi connectivity index (χ2n) is 8.31. The third kappa shape index (κ3) is 5.41. The van der Waals surface area contributed by atoms with Crippen LogP contribution in [0.5, 0.6) is 5.75 Å². The van der Waals surface area contributed by atoms with Crippen LogP contribution in [0, 0.1) is 6.92 Å². The molecule has 0 spiro atoms. The van der Waals surface area contributed by atoms with Gasteiger partial charge in [0.15, 0.2) is 5.13 Å². The Labute approximate surface area is 211 Å². The number of ether oxygens (including phenoxy) is 1. The molecule has 3 aromatic carbocycles. The number of carbonyl (C=O) groups excluding carboxylic acids is 1. The van der Waals surface area contributed by atoms with Crippen molar-refractivity contribution in [3.05, 3.63) is 89.5 Å². The van der Waals surface area contributed by atoms with Gasteiger partial charge in [-0.05, 0) is 43.8 Å². The van der Waals surface area contributed by atoms with Crippen molar-refractivity contribution >= 4 is 45.0 Å². The molecule has 1 aromatic heterocycles. The normalized spacial score (nSPS) is 11.0. The molecule has 0 aliphatic heterocycles. The number of methoxy groups -OCH3 is 1. The van der Waals surface area contributed by atoms with Crippen LogP contribution in [0.4, 0.5) is 5.13 Å². The molecular formula is C27H30ClN3O2S. The maximum Gasteiger partial charge on any atom is 0.240 e. The van der Waals surface area contributed by atoms with Gasteiger partial charge in [-0.3, -0.25) is 9.69 Å². The molecule has 0 N–H and O–H groups in total. The number of halogens is 1. The fourth-order valence-corrected chi connectivity index (χ4v) is 4.99. The predicted octanol–water partition coefficient (Wildman–Crippen LogP) is 5.76. The van der Waals surface area contributed by atoms with Crippen LogP contribution in [0.3, 0.4) is 0 Å². The van der Waals surface area contributed by atoms with Gasteiger partial charge in [-0.15, -0.1) is 12.4 Å². The first-order valence-electron chi connectivity index (χ1n) is 11.0. The number of thiazole rings is 1. The number of hydrogen-bond donors (Lipinski definition) is 0. The highest BCUT2D eigenvalue weighted by atomic mass is 35.5. The van der Waals surface area contributed by atoms with Gasteiger partial charge in [0.1, 0.15) is 11.3 Å². The lowest BCUT2D eigenvalue weighted by Crippen LogP contribution is -2.40. The molecule has 178 valence electrons. The van der Waals surface area contributed by atoms with Crippen molar-refractivity contribution in [3.63, 3.8) is 0 Å². The van der Waals surface area contributed by atoms with Crippen molar-refractivity contribution in [2.75, 3.05) is 39.2 Å². The van der Waals surface area contributed by atoms with Crippen LogP contribution in [0.15, 0.2) is 72.8 Å². The van der Waals surface area contributed by atoms with Crippen LogP contribution >= 0.6 is 23.7 Å². The fourth-order valence-electron chi connectivity index (χ4n) is 3.90. The lowest BCUT2D eigenvalue weighted by molar-refractivity contribution is -0.119. The van der Waals surface area contributed by atoms with E-state index in [1.54, 1.807) is 18.4 Å². The third-order valence-electron chi connectivity index (χ3n) is 5.69. The van der Waals surface area contributed by atoms with Crippen molar-refractivity contribution in [1.82, 2.24) is 9.88 Å². The summed E-state index contributed by atoms with van der Waals surface area (Å²) in [5.74, 6) is 0.329. The molecule has 0 saturated heterocycles. The van der Waals surface area contributed by atoms with Crippen LogP contribution in [-0.2, 0) is 4.79 Å². The van der Waals surface area contributed by atoms with Gasteiger partial charge in [-0.1, -0.05) is 78.1 Å². The van der Waals surface area contributed by atoms with E-state index in [1.807, 2.05) is 91.8 Å². The molecule has 34 heavy (non-hydrogen) atoms. The molecule has 1 amide bonds. The minimum Gasteiger partial charge on any atom is -0.494 e. The minimum absolute atomic E-state index is 0. The van der Waals surface area contributed by atoms with E-state index in [0.29, 0.717) is 11.7 Å². The minimum atomic E-state index is -0.412. The molecular weight excluding hydrogens is 466 g/mol. The molecule has 5 nitrogen and oxygen atoms in total. The molecule has 0 bridgehead atoms.